The number of nitrogens with zero attached hydrogens (tertiary/aromatic N) is 2. The number of amides is 1. The summed E-state index contributed by atoms with van der Waals surface area (Å²) in [6.45, 7) is 8.59. The van der Waals surface area contributed by atoms with E-state index in [2.05, 4.69) is 29.8 Å². The Labute approximate surface area is 189 Å². The van der Waals surface area contributed by atoms with Crippen molar-refractivity contribution >= 4 is 17.2 Å². The lowest BCUT2D eigenvalue weighted by Crippen LogP contribution is -2.47. The van der Waals surface area contributed by atoms with Gasteiger partial charge >= 0.3 is 0 Å². The minimum Gasteiger partial charge on any atom is -0.491 e. The minimum atomic E-state index is -0.445. The van der Waals surface area contributed by atoms with Gasteiger partial charge in [0.1, 0.15) is 12.4 Å². The summed E-state index contributed by atoms with van der Waals surface area (Å²) in [4.78, 5) is 18.8. The van der Waals surface area contributed by atoms with Gasteiger partial charge in [0, 0.05) is 18.0 Å². The van der Waals surface area contributed by atoms with Crippen LogP contribution in [0, 0.1) is 0 Å². The van der Waals surface area contributed by atoms with Gasteiger partial charge in [-0.1, -0.05) is 31.2 Å². The molecular formula is C25H34N2O3S. The van der Waals surface area contributed by atoms with Crippen LogP contribution in [0.4, 0.5) is 0 Å². The van der Waals surface area contributed by atoms with Gasteiger partial charge in [-0.25, -0.2) is 0 Å². The highest BCUT2D eigenvalue weighted by atomic mass is 32.1. The molecule has 0 unspecified atom stereocenters. The Hall–Kier alpha value is -2.15. The smallest absolute Gasteiger partial charge is 0.237 e. The Balaban J connectivity index is 1.68. The molecule has 2 aromatic rings. The molecule has 3 rings (SSSR count). The number of hydrogen-bond donors (Lipinski definition) is 1. The molecule has 1 N–H and O–H groups in total. The van der Waals surface area contributed by atoms with Crippen molar-refractivity contribution in [1.29, 1.82) is 0 Å². The number of carbonyl (C=O) groups is 1. The molecule has 2 heterocycles. The Morgan fingerprint density at radius 3 is 2.94 bits per heavy atom. The summed E-state index contributed by atoms with van der Waals surface area (Å²) < 4.78 is 6.06. The number of thiophene rings is 1. The first-order valence-electron chi connectivity index (χ1n) is 11.2. The van der Waals surface area contributed by atoms with Gasteiger partial charge in [0.2, 0.25) is 5.91 Å². The van der Waals surface area contributed by atoms with Gasteiger partial charge in [0.15, 0.2) is 0 Å². The van der Waals surface area contributed by atoms with Gasteiger partial charge in [0.25, 0.3) is 0 Å². The minimum absolute atomic E-state index is 0.0862. The molecule has 1 aromatic heterocycles. The third-order valence-electron chi connectivity index (χ3n) is 5.64. The standard InChI is InChI=1S/C25H34N2O3S/c1-3-5-9-20(28)17-26(14-4-2)18-25(29)27-15-12-24-22(13-16-31-24)23(27)19-30-21-10-7-6-8-11-21/h3,6-8,10-11,13,16,20,23,28H,1,4-5,9,12,14-15,17-19H2,2H3/t20-,23+/m0/s1. The first-order valence-corrected chi connectivity index (χ1v) is 12.0. The lowest BCUT2D eigenvalue weighted by molar-refractivity contribution is -0.136. The van der Waals surface area contributed by atoms with Crippen LogP contribution in [0.5, 0.6) is 5.75 Å². The van der Waals surface area contributed by atoms with Gasteiger partial charge in [-0.15, -0.1) is 17.9 Å². The molecule has 0 bridgehead atoms. The predicted octanol–water partition coefficient (Wildman–Crippen LogP) is 4.29. The lowest BCUT2D eigenvalue weighted by Gasteiger charge is -2.37. The van der Waals surface area contributed by atoms with Gasteiger partial charge < -0.3 is 14.7 Å². The second-order valence-corrected chi connectivity index (χ2v) is 9.03. The van der Waals surface area contributed by atoms with Crippen molar-refractivity contribution in [3.8, 4) is 5.75 Å². The van der Waals surface area contributed by atoms with E-state index in [0.29, 0.717) is 32.7 Å². The molecule has 6 heteroatoms. The number of para-hydroxylation sites is 1. The van der Waals surface area contributed by atoms with Crippen molar-refractivity contribution in [1.82, 2.24) is 9.80 Å². The van der Waals surface area contributed by atoms with Gasteiger partial charge in [0.05, 0.1) is 18.7 Å². The Kier molecular flexibility index (Phi) is 9.13. The molecule has 0 spiro atoms. The van der Waals surface area contributed by atoms with Crippen molar-refractivity contribution < 1.29 is 14.6 Å². The number of ether oxygens (including phenoxy) is 1. The van der Waals surface area contributed by atoms with Crippen LogP contribution in [0.2, 0.25) is 0 Å². The van der Waals surface area contributed by atoms with E-state index in [9.17, 15) is 9.90 Å². The summed E-state index contributed by atoms with van der Waals surface area (Å²) in [6, 6.07) is 11.8. The van der Waals surface area contributed by atoms with Crippen molar-refractivity contribution in [2.24, 2.45) is 0 Å². The fraction of sp³-hybridized carbons (Fsp3) is 0.480. The maximum atomic E-state index is 13.4. The van der Waals surface area contributed by atoms with E-state index < -0.39 is 6.10 Å². The molecule has 0 aliphatic carbocycles. The van der Waals surface area contributed by atoms with E-state index in [0.717, 1.165) is 31.6 Å². The van der Waals surface area contributed by atoms with Crippen LogP contribution >= 0.6 is 11.3 Å². The quantitative estimate of drug-likeness (QED) is 0.498. The second-order valence-electron chi connectivity index (χ2n) is 8.03. The van der Waals surface area contributed by atoms with Gasteiger partial charge in [-0.2, -0.15) is 0 Å². The molecule has 0 fully saturated rings. The van der Waals surface area contributed by atoms with E-state index in [-0.39, 0.29) is 11.9 Å². The normalized spacial score (nSPS) is 16.7. The number of rotatable bonds is 12. The third kappa shape index (κ3) is 6.66. The van der Waals surface area contributed by atoms with Crippen LogP contribution in [0.15, 0.2) is 54.4 Å². The first kappa shape index (κ1) is 23.5. The molecular weight excluding hydrogens is 408 g/mol. The first-order chi connectivity index (χ1) is 15.1. The Morgan fingerprint density at radius 2 is 2.19 bits per heavy atom. The molecule has 0 radical (unpaired) electrons. The zero-order valence-corrected chi connectivity index (χ0v) is 19.2. The number of carbonyl (C=O) groups excluding carboxylic acids is 1. The number of aliphatic hydroxyl groups excluding tert-OH is 1. The number of aliphatic hydroxyl groups is 1. The molecule has 168 valence electrons. The zero-order chi connectivity index (χ0) is 22.1. The molecule has 31 heavy (non-hydrogen) atoms. The van der Waals surface area contributed by atoms with Crippen LogP contribution in [0.25, 0.3) is 0 Å². The molecule has 1 aromatic carbocycles. The SMILES string of the molecule is C=CCC[C@H](O)CN(CCC)CC(=O)N1CCc2sccc2[C@H]1COc1ccccc1. The van der Waals surface area contributed by atoms with E-state index in [1.165, 1.54) is 10.4 Å². The average Bonchev–Trinajstić information content (AvgIpc) is 3.26. The van der Waals surface area contributed by atoms with Crippen molar-refractivity contribution in [2.75, 3.05) is 32.8 Å². The number of fused-ring (bicyclic) bond motifs is 1. The van der Waals surface area contributed by atoms with Crippen molar-refractivity contribution in [2.45, 2.75) is 44.8 Å². The zero-order valence-electron chi connectivity index (χ0n) is 18.4. The highest BCUT2D eigenvalue weighted by molar-refractivity contribution is 7.10. The van der Waals surface area contributed by atoms with E-state index in [4.69, 9.17) is 4.74 Å². The summed E-state index contributed by atoms with van der Waals surface area (Å²) in [5.74, 6) is 0.915. The molecule has 0 saturated heterocycles. The molecule has 1 aliphatic rings. The number of allylic oxidation sites excluding steroid dienone is 1. The largest absolute Gasteiger partial charge is 0.491 e. The molecule has 0 saturated carbocycles. The van der Waals surface area contributed by atoms with Crippen molar-refractivity contribution in [3.05, 3.63) is 64.9 Å². The molecule has 1 amide bonds. The van der Waals surface area contributed by atoms with Crippen LogP contribution in [-0.4, -0.2) is 59.7 Å². The van der Waals surface area contributed by atoms with Crippen molar-refractivity contribution in [3.63, 3.8) is 0 Å². The summed E-state index contributed by atoms with van der Waals surface area (Å²) >= 11 is 1.76. The maximum Gasteiger partial charge on any atom is 0.237 e. The van der Waals surface area contributed by atoms with Crippen LogP contribution < -0.4 is 4.74 Å². The summed E-state index contributed by atoms with van der Waals surface area (Å²) in [5, 5.41) is 12.4. The third-order valence-corrected chi connectivity index (χ3v) is 6.63. The van der Waals surface area contributed by atoms with Gasteiger partial charge in [-0.3, -0.25) is 9.69 Å². The summed E-state index contributed by atoms with van der Waals surface area (Å²) in [7, 11) is 0. The average molecular weight is 443 g/mol. The Morgan fingerprint density at radius 1 is 1.39 bits per heavy atom. The summed E-state index contributed by atoms with van der Waals surface area (Å²) in [5.41, 5.74) is 1.20. The van der Waals surface area contributed by atoms with Crippen LogP contribution in [-0.2, 0) is 11.2 Å². The maximum absolute atomic E-state index is 13.4. The van der Waals surface area contributed by atoms with Crippen LogP contribution in [0.3, 0.4) is 0 Å². The Bertz CT molecular complexity index is 823. The number of benzene rings is 1. The van der Waals surface area contributed by atoms with E-state index >= 15 is 0 Å². The molecule has 1 aliphatic heterocycles. The second kappa shape index (κ2) is 12.0. The summed E-state index contributed by atoms with van der Waals surface area (Å²) in [6.07, 6.45) is 4.66. The fourth-order valence-corrected chi connectivity index (χ4v) is 5.03. The highest BCUT2D eigenvalue weighted by Crippen LogP contribution is 2.34. The fourth-order valence-electron chi connectivity index (χ4n) is 4.10. The van der Waals surface area contributed by atoms with Gasteiger partial charge in [-0.05, 0) is 61.4 Å². The highest BCUT2D eigenvalue weighted by Gasteiger charge is 2.33. The molecule has 2 atom stereocenters. The van der Waals surface area contributed by atoms with E-state index in [1.807, 2.05) is 41.3 Å². The monoisotopic (exact) mass is 442 g/mol. The number of hydrogen-bond acceptors (Lipinski definition) is 5. The predicted molar refractivity (Wildman–Crippen MR) is 127 cm³/mol. The van der Waals surface area contributed by atoms with E-state index in [1.54, 1.807) is 11.3 Å². The lowest BCUT2D eigenvalue weighted by atomic mass is 10.0. The molecule has 5 nitrogen and oxygen atoms in total. The van der Waals surface area contributed by atoms with Crippen LogP contribution in [0.1, 0.15) is 42.7 Å². The topological polar surface area (TPSA) is 53.0 Å².